The first-order chi connectivity index (χ1) is 12.0. The Balaban J connectivity index is 1.69. The van der Waals surface area contributed by atoms with Gasteiger partial charge in [-0.05, 0) is 44.5 Å². The second-order valence-electron chi connectivity index (χ2n) is 5.91. The lowest BCUT2D eigenvalue weighted by Gasteiger charge is -2.09. The Kier molecular flexibility index (Phi) is 7.07. The molecule has 0 unspecified atom stereocenters. The van der Waals surface area contributed by atoms with Crippen molar-refractivity contribution < 1.29 is 14.3 Å². The number of nitrogens with one attached hydrogen (secondary N) is 1. The molecule has 0 aromatic heterocycles. The molecule has 0 radical (unpaired) electrons. The van der Waals surface area contributed by atoms with E-state index in [1.54, 1.807) is 17.8 Å². The van der Waals surface area contributed by atoms with Crippen molar-refractivity contribution in [3.05, 3.63) is 64.7 Å². The summed E-state index contributed by atoms with van der Waals surface area (Å²) in [5.74, 6) is 0.00765. The monoisotopic (exact) mass is 357 g/mol. The highest BCUT2D eigenvalue weighted by Gasteiger charge is 2.12. The van der Waals surface area contributed by atoms with Gasteiger partial charge in [-0.3, -0.25) is 4.79 Å². The van der Waals surface area contributed by atoms with Crippen molar-refractivity contribution in [3.63, 3.8) is 0 Å². The molecule has 25 heavy (non-hydrogen) atoms. The zero-order valence-electron chi connectivity index (χ0n) is 14.8. The van der Waals surface area contributed by atoms with Crippen LogP contribution in [0.25, 0.3) is 0 Å². The molecule has 2 aromatic rings. The highest BCUT2D eigenvalue weighted by molar-refractivity contribution is 7.99. The van der Waals surface area contributed by atoms with E-state index in [2.05, 4.69) is 29.6 Å². The van der Waals surface area contributed by atoms with Crippen molar-refractivity contribution in [1.29, 1.82) is 0 Å². The number of esters is 1. The average Bonchev–Trinajstić information content (AvgIpc) is 2.60. The van der Waals surface area contributed by atoms with Crippen LogP contribution in [0.2, 0.25) is 0 Å². The average molecular weight is 357 g/mol. The van der Waals surface area contributed by atoms with Crippen molar-refractivity contribution in [1.82, 2.24) is 5.32 Å². The molecule has 0 spiro atoms. The third-order valence-corrected chi connectivity index (χ3v) is 4.68. The van der Waals surface area contributed by atoms with E-state index in [9.17, 15) is 9.59 Å². The van der Waals surface area contributed by atoms with E-state index in [0.717, 1.165) is 16.9 Å². The van der Waals surface area contributed by atoms with Gasteiger partial charge < -0.3 is 10.1 Å². The quantitative estimate of drug-likeness (QED) is 0.467. The zero-order chi connectivity index (χ0) is 18.2. The number of ether oxygens (including phenoxy) is 1. The second kappa shape index (κ2) is 9.28. The minimum Gasteiger partial charge on any atom is -0.452 e. The predicted molar refractivity (Wildman–Crippen MR) is 101 cm³/mol. The minimum atomic E-state index is -0.467. The third kappa shape index (κ3) is 6.27. The second-order valence-corrected chi connectivity index (χ2v) is 7.07. The van der Waals surface area contributed by atoms with E-state index in [1.165, 1.54) is 10.5 Å². The van der Waals surface area contributed by atoms with Gasteiger partial charge in [0.05, 0.1) is 5.56 Å². The first-order valence-electron chi connectivity index (χ1n) is 8.16. The Morgan fingerprint density at radius 3 is 2.40 bits per heavy atom. The molecule has 5 heteroatoms. The Hall–Kier alpha value is -2.27. The number of carbonyl (C=O) groups is 2. The molecule has 2 rings (SSSR count). The van der Waals surface area contributed by atoms with E-state index < -0.39 is 5.97 Å². The Morgan fingerprint density at radius 1 is 1.00 bits per heavy atom. The van der Waals surface area contributed by atoms with Gasteiger partial charge in [0.15, 0.2) is 6.61 Å². The van der Waals surface area contributed by atoms with E-state index >= 15 is 0 Å². The van der Waals surface area contributed by atoms with Crippen LogP contribution >= 0.6 is 11.8 Å². The van der Waals surface area contributed by atoms with Gasteiger partial charge in [-0.15, -0.1) is 11.8 Å². The standard InChI is InChI=1S/C20H23NO3S/c1-14-5-8-17(9-6-14)25-11-10-21-19(22)13-24-20(23)18-12-15(2)4-7-16(18)3/h4-9,12H,10-11,13H2,1-3H3,(H,21,22). The molecule has 0 bridgehead atoms. The van der Waals surface area contributed by atoms with Crippen LogP contribution in [0.3, 0.4) is 0 Å². The fourth-order valence-electron chi connectivity index (χ4n) is 2.21. The molecule has 1 amide bonds. The van der Waals surface area contributed by atoms with Crippen LogP contribution < -0.4 is 5.32 Å². The number of amides is 1. The van der Waals surface area contributed by atoms with Crippen LogP contribution in [0.1, 0.15) is 27.0 Å². The first kappa shape index (κ1) is 19.1. The van der Waals surface area contributed by atoms with Gasteiger partial charge in [-0.2, -0.15) is 0 Å². The van der Waals surface area contributed by atoms with Crippen LogP contribution in [-0.2, 0) is 9.53 Å². The summed E-state index contributed by atoms with van der Waals surface area (Å²) in [6.07, 6.45) is 0. The molecule has 0 fully saturated rings. The van der Waals surface area contributed by atoms with Gasteiger partial charge in [0, 0.05) is 17.2 Å². The number of hydrogen-bond acceptors (Lipinski definition) is 4. The highest BCUT2D eigenvalue weighted by atomic mass is 32.2. The van der Waals surface area contributed by atoms with Crippen molar-refractivity contribution >= 4 is 23.6 Å². The summed E-state index contributed by atoms with van der Waals surface area (Å²) < 4.78 is 5.10. The number of benzene rings is 2. The summed E-state index contributed by atoms with van der Waals surface area (Å²) in [6, 6.07) is 13.8. The highest BCUT2D eigenvalue weighted by Crippen LogP contribution is 2.17. The Bertz CT molecular complexity index is 741. The fraction of sp³-hybridized carbons (Fsp3) is 0.300. The van der Waals surface area contributed by atoms with Gasteiger partial charge in [0.25, 0.3) is 5.91 Å². The molecule has 132 valence electrons. The van der Waals surface area contributed by atoms with E-state index in [4.69, 9.17) is 4.74 Å². The molecular formula is C20H23NO3S. The summed E-state index contributed by atoms with van der Waals surface area (Å²) in [6.45, 7) is 6.07. The first-order valence-corrected chi connectivity index (χ1v) is 9.15. The van der Waals surface area contributed by atoms with E-state index in [0.29, 0.717) is 12.1 Å². The molecule has 0 saturated carbocycles. The van der Waals surface area contributed by atoms with Crippen molar-refractivity contribution in [2.45, 2.75) is 25.7 Å². The van der Waals surface area contributed by atoms with Crippen LogP contribution in [0.15, 0.2) is 47.4 Å². The smallest absolute Gasteiger partial charge is 0.338 e. The predicted octanol–water partition coefficient (Wildman–Crippen LogP) is 3.68. The number of carbonyl (C=O) groups excluding carboxylic acids is 2. The normalized spacial score (nSPS) is 10.4. The van der Waals surface area contributed by atoms with Gasteiger partial charge in [-0.25, -0.2) is 4.79 Å². The van der Waals surface area contributed by atoms with Crippen LogP contribution in [0, 0.1) is 20.8 Å². The van der Waals surface area contributed by atoms with Crippen LogP contribution in [-0.4, -0.2) is 30.8 Å². The lowest BCUT2D eigenvalue weighted by Crippen LogP contribution is -2.30. The Morgan fingerprint density at radius 2 is 1.68 bits per heavy atom. The van der Waals surface area contributed by atoms with Crippen LogP contribution in [0.4, 0.5) is 0 Å². The topological polar surface area (TPSA) is 55.4 Å². The summed E-state index contributed by atoms with van der Waals surface area (Å²) in [5, 5.41) is 2.76. The maximum absolute atomic E-state index is 12.1. The van der Waals surface area contributed by atoms with Crippen LogP contribution in [0.5, 0.6) is 0 Å². The maximum atomic E-state index is 12.1. The largest absolute Gasteiger partial charge is 0.452 e. The lowest BCUT2D eigenvalue weighted by atomic mass is 10.1. The van der Waals surface area contributed by atoms with Gasteiger partial charge >= 0.3 is 5.97 Å². The van der Waals surface area contributed by atoms with E-state index in [-0.39, 0.29) is 12.5 Å². The number of aryl methyl sites for hydroxylation is 3. The number of hydrogen-bond donors (Lipinski definition) is 1. The Labute approximate surface area is 153 Å². The zero-order valence-corrected chi connectivity index (χ0v) is 15.6. The molecule has 4 nitrogen and oxygen atoms in total. The summed E-state index contributed by atoms with van der Waals surface area (Å²) in [4.78, 5) is 25.0. The molecule has 0 aliphatic carbocycles. The molecule has 0 atom stereocenters. The minimum absolute atomic E-state index is 0.262. The van der Waals surface area contributed by atoms with Gasteiger partial charge in [0.1, 0.15) is 0 Å². The number of thioether (sulfide) groups is 1. The van der Waals surface area contributed by atoms with Crippen molar-refractivity contribution in [2.75, 3.05) is 18.9 Å². The molecule has 0 aliphatic heterocycles. The lowest BCUT2D eigenvalue weighted by molar-refractivity contribution is -0.124. The maximum Gasteiger partial charge on any atom is 0.338 e. The SMILES string of the molecule is Cc1ccc(SCCNC(=O)COC(=O)c2cc(C)ccc2C)cc1. The summed E-state index contributed by atoms with van der Waals surface area (Å²) >= 11 is 1.67. The molecule has 0 saturated heterocycles. The third-order valence-electron chi connectivity index (χ3n) is 3.66. The van der Waals surface area contributed by atoms with Crippen molar-refractivity contribution in [3.8, 4) is 0 Å². The van der Waals surface area contributed by atoms with E-state index in [1.807, 2.05) is 32.9 Å². The fourth-order valence-corrected chi connectivity index (χ4v) is 2.98. The van der Waals surface area contributed by atoms with Crippen molar-refractivity contribution in [2.24, 2.45) is 0 Å². The summed E-state index contributed by atoms with van der Waals surface area (Å²) in [7, 11) is 0. The van der Waals surface area contributed by atoms with Gasteiger partial charge in [0.2, 0.25) is 0 Å². The molecule has 0 aliphatic rings. The number of rotatable bonds is 7. The van der Waals surface area contributed by atoms with Gasteiger partial charge in [-0.1, -0.05) is 35.4 Å². The molecule has 1 N–H and O–H groups in total. The molecular weight excluding hydrogens is 334 g/mol. The molecule has 2 aromatic carbocycles. The molecule has 0 heterocycles. The summed E-state index contributed by atoms with van der Waals surface area (Å²) in [5.41, 5.74) is 3.55.